The van der Waals surface area contributed by atoms with Crippen LogP contribution in [0.5, 0.6) is 0 Å². The van der Waals surface area contributed by atoms with Crippen LogP contribution in [0.1, 0.15) is 5.69 Å². The maximum atomic E-state index is 4.26. The molecule has 0 fully saturated rings. The summed E-state index contributed by atoms with van der Waals surface area (Å²) in [5.41, 5.74) is 3.06. The first-order valence-electron chi connectivity index (χ1n) is 4.04. The first-order valence-corrected chi connectivity index (χ1v) is 4.04. The van der Waals surface area contributed by atoms with E-state index in [0.717, 1.165) is 17.0 Å². The molecule has 0 aliphatic rings. The van der Waals surface area contributed by atoms with Crippen LogP contribution in [0.4, 0.5) is 0 Å². The molecule has 0 saturated carbocycles. The van der Waals surface area contributed by atoms with E-state index in [1.165, 1.54) is 0 Å². The van der Waals surface area contributed by atoms with E-state index in [-0.39, 0.29) is 0 Å². The minimum absolute atomic E-state index is 0.991. The van der Waals surface area contributed by atoms with Gasteiger partial charge in [0.1, 0.15) is 0 Å². The summed E-state index contributed by atoms with van der Waals surface area (Å²) in [7, 11) is 3.77. The second-order valence-electron chi connectivity index (χ2n) is 3.04. The van der Waals surface area contributed by atoms with Gasteiger partial charge in [-0.05, 0) is 6.92 Å². The fraction of sp³-hybridized carbons (Fsp3) is 0.375. The summed E-state index contributed by atoms with van der Waals surface area (Å²) >= 11 is 0. The van der Waals surface area contributed by atoms with Crippen LogP contribution in [0.25, 0.3) is 11.3 Å². The largest absolute Gasteiger partial charge is 0.275 e. The number of aryl methyl sites for hydroxylation is 3. The van der Waals surface area contributed by atoms with Gasteiger partial charge in [-0.15, -0.1) is 5.10 Å². The smallest absolute Gasteiger partial charge is 0.0916 e. The second-order valence-corrected chi connectivity index (χ2v) is 3.04. The van der Waals surface area contributed by atoms with Gasteiger partial charge in [0.05, 0.1) is 17.6 Å². The third-order valence-corrected chi connectivity index (χ3v) is 2.00. The molecule has 2 aromatic rings. The van der Waals surface area contributed by atoms with E-state index in [9.17, 15) is 0 Å². The molecule has 0 unspecified atom stereocenters. The average molecular weight is 177 g/mol. The standard InChI is InChI=1S/C8H11N5/c1-6-7(5-12(2)10-6)8-4-9-11-13(8)3/h4-5H,1-3H3. The predicted molar refractivity (Wildman–Crippen MR) is 47.9 cm³/mol. The Hall–Kier alpha value is -1.65. The van der Waals surface area contributed by atoms with Crippen molar-refractivity contribution in [2.45, 2.75) is 6.92 Å². The zero-order chi connectivity index (χ0) is 9.42. The molecule has 2 rings (SSSR count). The Labute approximate surface area is 76.0 Å². The van der Waals surface area contributed by atoms with E-state index in [0.29, 0.717) is 0 Å². The summed E-state index contributed by atoms with van der Waals surface area (Å²) in [6.45, 7) is 1.97. The molecule has 0 bridgehead atoms. The van der Waals surface area contributed by atoms with E-state index in [1.807, 2.05) is 27.2 Å². The van der Waals surface area contributed by atoms with Crippen molar-refractivity contribution < 1.29 is 0 Å². The third-order valence-electron chi connectivity index (χ3n) is 2.00. The molecule has 13 heavy (non-hydrogen) atoms. The maximum Gasteiger partial charge on any atom is 0.0916 e. The van der Waals surface area contributed by atoms with Crippen LogP contribution in [0.3, 0.4) is 0 Å². The molecule has 0 radical (unpaired) electrons. The van der Waals surface area contributed by atoms with Gasteiger partial charge in [-0.3, -0.25) is 4.68 Å². The van der Waals surface area contributed by atoms with Crippen LogP contribution < -0.4 is 0 Å². The molecule has 0 spiro atoms. The van der Waals surface area contributed by atoms with Gasteiger partial charge in [0.15, 0.2) is 0 Å². The van der Waals surface area contributed by atoms with Crippen LogP contribution in [0.15, 0.2) is 12.4 Å². The van der Waals surface area contributed by atoms with E-state index in [1.54, 1.807) is 15.6 Å². The van der Waals surface area contributed by atoms with Crippen LogP contribution >= 0.6 is 0 Å². The van der Waals surface area contributed by atoms with Gasteiger partial charge < -0.3 is 0 Å². The van der Waals surface area contributed by atoms with Gasteiger partial charge in [0.2, 0.25) is 0 Å². The van der Waals surface area contributed by atoms with Gasteiger partial charge in [-0.2, -0.15) is 5.10 Å². The van der Waals surface area contributed by atoms with Gasteiger partial charge in [0.25, 0.3) is 0 Å². The number of aromatic nitrogens is 5. The highest BCUT2D eigenvalue weighted by atomic mass is 15.4. The third kappa shape index (κ3) is 1.22. The quantitative estimate of drug-likeness (QED) is 0.638. The Morgan fingerprint density at radius 1 is 1.31 bits per heavy atom. The lowest BCUT2D eigenvalue weighted by Gasteiger charge is -1.96. The van der Waals surface area contributed by atoms with Gasteiger partial charge in [-0.25, -0.2) is 4.68 Å². The van der Waals surface area contributed by atoms with Crippen molar-refractivity contribution in [2.75, 3.05) is 0 Å². The van der Waals surface area contributed by atoms with Crippen LogP contribution in [0.2, 0.25) is 0 Å². The van der Waals surface area contributed by atoms with Gasteiger partial charge in [-0.1, -0.05) is 5.21 Å². The minimum atomic E-state index is 0.991. The molecule has 68 valence electrons. The Kier molecular flexibility index (Phi) is 1.65. The Morgan fingerprint density at radius 2 is 2.08 bits per heavy atom. The molecule has 5 nitrogen and oxygen atoms in total. The zero-order valence-electron chi connectivity index (χ0n) is 7.89. The molecule has 0 saturated heterocycles. The van der Waals surface area contributed by atoms with Crippen molar-refractivity contribution in [3.63, 3.8) is 0 Å². The van der Waals surface area contributed by atoms with E-state index in [4.69, 9.17) is 0 Å². The highest BCUT2D eigenvalue weighted by Gasteiger charge is 2.09. The molecule has 0 N–H and O–H groups in total. The molecular weight excluding hydrogens is 166 g/mol. The SMILES string of the molecule is Cc1nn(C)cc1-c1cnnn1C. The average Bonchev–Trinajstić information content (AvgIpc) is 2.58. The molecular formula is C8H11N5. The Balaban J connectivity index is 2.58. The zero-order valence-corrected chi connectivity index (χ0v) is 7.89. The summed E-state index contributed by atoms with van der Waals surface area (Å²) in [4.78, 5) is 0. The lowest BCUT2D eigenvalue weighted by molar-refractivity contribution is 0.720. The van der Waals surface area contributed by atoms with Crippen molar-refractivity contribution in [1.29, 1.82) is 0 Å². The van der Waals surface area contributed by atoms with Crippen molar-refractivity contribution in [2.24, 2.45) is 14.1 Å². The van der Waals surface area contributed by atoms with Crippen LogP contribution in [-0.2, 0) is 14.1 Å². The first kappa shape index (κ1) is 7.97. The summed E-state index contributed by atoms with van der Waals surface area (Å²) in [5.74, 6) is 0. The van der Waals surface area contributed by atoms with Crippen molar-refractivity contribution in [3.8, 4) is 11.3 Å². The molecule has 2 heterocycles. The van der Waals surface area contributed by atoms with Crippen molar-refractivity contribution >= 4 is 0 Å². The van der Waals surface area contributed by atoms with E-state index in [2.05, 4.69) is 15.4 Å². The molecule has 0 amide bonds. The minimum Gasteiger partial charge on any atom is -0.275 e. The highest BCUT2D eigenvalue weighted by molar-refractivity contribution is 5.59. The van der Waals surface area contributed by atoms with Gasteiger partial charge >= 0.3 is 0 Å². The number of hydrogen-bond acceptors (Lipinski definition) is 3. The number of nitrogens with zero attached hydrogens (tertiary/aromatic N) is 5. The molecule has 2 aromatic heterocycles. The molecule has 5 heteroatoms. The maximum absolute atomic E-state index is 4.26. The van der Waals surface area contributed by atoms with Crippen LogP contribution in [-0.4, -0.2) is 24.8 Å². The van der Waals surface area contributed by atoms with Crippen molar-refractivity contribution in [3.05, 3.63) is 18.1 Å². The molecule has 0 aromatic carbocycles. The summed E-state index contributed by atoms with van der Waals surface area (Å²) < 4.78 is 3.53. The molecule has 0 aliphatic heterocycles. The fourth-order valence-electron chi connectivity index (χ4n) is 1.38. The van der Waals surface area contributed by atoms with Gasteiger partial charge in [0, 0.05) is 25.9 Å². The summed E-state index contributed by atoms with van der Waals surface area (Å²) in [5, 5.41) is 12.0. The van der Waals surface area contributed by atoms with Crippen LogP contribution in [0, 0.1) is 6.92 Å². The summed E-state index contributed by atoms with van der Waals surface area (Å²) in [6, 6.07) is 0. The number of hydrogen-bond donors (Lipinski definition) is 0. The number of rotatable bonds is 1. The van der Waals surface area contributed by atoms with E-state index >= 15 is 0 Å². The fourth-order valence-corrected chi connectivity index (χ4v) is 1.38. The molecule has 0 atom stereocenters. The van der Waals surface area contributed by atoms with Crippen molar-refractivity contribution in [1.82, 2.24) is 24.8 Å². The predicted octanol–water partition coefficient (Wildman–Crippen LogP) is 0.524. The lowest BCUT2D eigenvalue weighted by atomic mass is 10.2. The lowest BCUT2D eigenvalue weighted by Crippen LogP contribution is -1.93. The summed E-state index contributed by atoms with van der Waals surface area (Å²) in [6.07, 6.45) is 3.71. The Bertz CT molecular complexity index is 425. The second kappa shape index (κ2) is 2.69. The molecule has 0 aliphatic carbocycles. The Morgan fingerprint density at radius 3 is 2.54 bits per heavy atom. The highest BCUT2D eigenvalue weighted by Crippen LogP contribution is 2.19. The normalized spacial score (nSPS) is 10.7. The van der Waals surface area contributed by atoms with E-state index < -0.39 is 0 Å². The monoisotopic (exact) mass is 177 g/mol. The first-order chi connectivity index (χ1) is 6.18. The topological polar surface area (TPSA) is 48.5 Å².